The normalized spacial score (nSPS) is 22.2. The zero-order valence-corrected chi connectivity index (χ0v) is 13.4. The molecule has 0 saturated carbocycles. The number of aryl methyl sites for hydroxylation is 1. The number of H-pyrrole nitrogens is 1. The van der Waals surface area contributed by atoms with Crippen molar-refractivity contribution < 1.29 is 8.78 Å². The van der Waals surface area contributed by atoms with Crippen LogP contribution in [0.15, 0.2) is 10.9 Å². The van der Waals surface area contributed by atoms with Crippen LogP contribution >= 0.6 is 0 Å². The van der Waals surface area contributed by atoms with E-state index in [2.05, 4.69) is 14.9 Å². The van der Waals surface area contributed by atoms with Gasteiger partial charge in [0.15, 0.2) is 0 Å². The molecule has 22 heavy (non-hydrogen) atoms. The third-order valence-electron chi connectivity index (χ3n) is 4.31. The van der Waals surface area contributed by atoms with E-state index in [1.54, 1.807) is 6.92 Å². The smallest absolute Gasteiger partial charge is 0.251 e. The van der Waals surface area contributed by atoms with Crippen molar-refractivity contribution in [2.75, 3.05) is 26.2 Å². The summed E-state index contributed by atoms with van der Waals surface area (Å²) in [6.07, 6.45) is -1.47. The molecule has 0 aliphatic carbocycles. The summed E-state index contributed by atoms with van der Waals surface area (Å²) in [4.78, 5) is 22.8. The molecule has 0 bridgehead atoms. The number of hydrogen-bond donors (Lipinski definition) is 1. The van der Waals surface area contributed by atoms with Crippen molar-refractivity contribution >= 4 is 0 Å². The van der Waals surface area contributed by atoms with Crippen molar-refractivity contribution in [2.45, 2.75) is 45.7 Å². The van der Waals surface area contributed by atoms with Gasteiger partial charge in [0.1, 0.15) is 5.82 Å². The van der Waals surface area contributed by atoms with Gasteiger partial charge in [-0.1, -0.05) is 6.92 Å². The molecule has 0 radical (unpaired) electrons. The number of nitrogens with zero attached hydrogens (tertiary/aromatic N) is 3. The Morgan fingerprint density at radius 2 is 2.18 bits per heavy atom. The van der Waals surface area contributed by atoms with E-state index < -0.39 is 6.43 Å². The molecule has 0 unspecified atom stereocenters. The average Bonchev–Trinajstić information content (AvgIpc) is 2.45. The molecule has 0 amide bonds. The van der Waals surface area contributed by atoms with Gasteiger partial charge in [-0.2, -0.15) is 0 Å². The Morgan fingerprint density at radius 1 is 1.45 bits per heavy atom. The first-order valence-electron chi connectivity index (χ1n) is 7.74. The highest BCUT2D eigenvalue weighted by Crippen LogP contribution is 2.22. The molecule has 0 aromatic carbocycles. The minimum absolute atomic E-state index is 0.0321. The molecule has 1 fully saturated rings. The predicted molar refractivity (Wildman–Crippen MR) is 81.2 cm³/mol. The summed E-state index contributed by atoms with van der Waals surface area (Å²) < 4.78 is 25.3. The molecule has 1 saturated heterocycles. The van der Waals surface area contributed by atoms with Crippen molar-refractivity contribution in [1.82, 2.24) is 19.8 Å². The Bertz CT molecular complexity index is 549. The van der Waals surface area contributed by atoms with E-state index in [1.807, 2.05) is 18.7 Å². The number of nitrogens with one attached hydrogen (secondary N) is 1. The maximum atomic E-state index is 12.6. The van der Waals surface area contributed by atoms with Gasteiger partial charge in [0.2, 0.25) is 0 Å². The molecule has 2 rings (SSSR count). The van der Waals surface area contributed by atoms with Crippen LogP contribution in [0.2, 0.25) is 0 Å². The second-order valence-electron chi connectivity index (χ2n) is 5.89. The van der Waals surface area contributed by atoms with Crippen molar-refractivity contribution in [1.29, 1.82) is 0 Å². The monoisotopic (exact) mass is 314 g/mol. The van der Waals surface area contributed by atoms with Crippen LogP contribution in [0.5, 0.6) is 0 Å². The Kier molecular flexibility index (Phi) is 5.63. The molecule has 1 N–H and O–H groups in total. The van der Waals surface area contributed by atoms with Gasteiger partial charge in [-0.25, -0.2) is 13.8 Å². The topological polar surface area (TPSA) is 52.2 Å². The van der Waals surface area contributed by atoms with Gasteiger partial charge in [-0.3, -0.25) is 14.6 Å². The molecular weight excluding hydrogens is 290 g/mol. The van der Waals surface area contributed by atoms with Crippen molar-refractivity contribution in [2.24, 2.45) is 0 Å². The van der Waals surface area contributed by atoms with Crippen LogP contribution in [0.4, 0.5) is 8.78 Å². The molecule has 1 aromatic heterocycles. The number of piperazine rings is 1. The van der Waals surface area contributed by atoms with Crippen LogP contribution in [-0.4, -0.2) is 58.4 Å². The predicted octanol–water partition coefficient (Wildman–Crippen LogP) is 1.80. The van der Waals surface area contributed by atoms with E-state index >= 15 is 0 Å². The largest absolute Gasteiger partial charge is 0.309 e. The summed E-state index contributed by atoms with van der Waals surface area (Å²) in [5.41, 5.74) is 0.534. The molecule has 124 valence electrons. The molecule has 1 aliphatic heterocycles. The van der Waals surface area contributed by atoms with Crippen LogP contribution in [0, 0.1) is 6.92 Å². The maximum absolute atomic E-state index is 12.6. The molecular formula is C15H24F2N4O. The van der Waals surface area contributed by atoms with Crippen molar-refractivity contribution in [3.8, 4) is 0 Å². The third-order valence-corrected chi connectivity index (χ3v) is 4.31. The molecule has 7 heteroatoms. The van der Waals surface area contributed by atoms with Crippen LogP contribution in [-0.2, 0) is 0 Å². The van der Waals surface area contributed by atoms with Crippen molar-refractivity contribution in [3.63, 3.8) is 0 Å². The number of aromatic nitrogens is 2. The summed E-state index contributed by atoms with van der Waals surface area (Å²) in [5.74, 6) is 0.641. The van der Waals surface area contributed by atoms with Gasteiger partial charge < -0.3 is 4.98 Å². The molecule has 1 aliphatic rings. The summed E-state index contributed by atoms with van der Waals surface area (Å²) in [7, 11) is 0. The van der Waals surface area contributed by atoms with Crippen LogP contribution in [0.3, 0.4) is 0 Å². The Balaban J connectivity index is 2.08. The molecule has 1 aromatic rings. The lowest BCUT2D eigenvalue weighted by molar-refractivity contribution is 0.00672. The van der Waals surface area contributed by atoms with Gasteiger partial charge in [0, 0.05) is 37.4 Å². The van der Waals surface area contributed by atoms with E-state index in [-0.39, 0.29) is 24.2 Å². The zero-order valence-electron chi connectivity index (χ0n) is 13.4. The highest BCUT2D eigenvalue weighted by atomic mass is 19.3. The van der Waals surface area contributed by atoms with Gasteiger partial charge in [-0.15, -0.1) is 0 Å². The number of alkyl halides is 2. The lowest BCUT2D eigenvalue weighted by Gasteiger charge is -2.43. The Hall–Kier alpha value is -1.34. The molecule has 0 spiro atoms. The lowest BCUT2D eigenvalue weighted by atomic mass is 10.1. The fraction of sp³-hybridized carbons (Fsp3) is 0.733. The second-order valence-corrected chi connectivity index (χ2v) is 5.89. The SMILES string of the molecule is CC[C@@H]1CN([C@@H](C)c2nc(C)cc(=O)[nH]2)CCN1CC(F)F. The number of aromatic amines is 1. The van der Waals surface area contributed by atoms with Crippen LogP contribution in [0.25, 0.3) is 0 Å². The van der Waals surface area contributed by atoms with E-state index in [0.29, 0.717) is 31.2 Å². The van der Waals surface area contributed by atoms with Crippen molar-refractivity contribution in [3.05, 3.63) is 27.9 Å². The fourth-order valence-corrected chi connectivity index (χ4v) is 3.05. The summed E-state index contributed by atoms with van der Waals surface area (Å²) in [5, 5.41) is 0. The average molecular weight is 314 g/mol. The molecule has 2 heterocycles. The Labute approximate surface area is 129 Å². The highest BCUT2D eigenvalue weighted by molar-refractivity contribution is 5.04. The van der Waals surface area contributed by atoms with Gasteiger partial charge in [0.25, 0.3) is 12.0 Å². The fourth-order valence-electron chi connectivity index (χ4n) is 3.05. The Morgan fingerprint density at radius 3 is 2.77 bits per heavy atom. The maximum Gasteiger partial charge on any atom is 0.251 e. The minimum atomic E-state index is -2.30. The van der Waals surface area contributed by atoms with Gasteiger partial charge >= 0.3 is 0 Å². The van der Waals surface area contributed by atoms with Gasteiger partial charge in [-0.05, 0) is 20.3 Å². The molecule has 5 nitrogen and oxygen atoms in total. The summed E-state index contributed by atoms with van der Waals surface area (Å²) >= 11 is 0. The number of rotatable bonds is 5. The standard InChI is InChI=1S/C15H24F2N4O/c1-4-12-8-20(5-6-21(12)9-13(16)17)11(3)15-18-10(2)7-14(22)19-15/h7,11-13H,4-6,8-9H2,1-3H3,(H,18,19,22)/t11-,12+/m0/s1. The second kappa shape index (κ2) is 7.28. The van der Waals surface area contributed by atoms with Gasteiger partial charge in [0.05, 0.1) is 12.6 Å². The van der Waals surface area contributed by atoms with Crippen LogP contribution < -0.4 is 5.56 Å². The molecule has 2 atom stereocenters. The third kappa shape index (κ3) is 4.10. The van der Waals surface area contributed by atoms with E-state index in [4.69, 9.17) is 0 Å². The minimum Gasteiger partial charge on any atom is -0.309 e. The van der Waals surface area contributed by atoms with E-state index in [9.17, 15) is 13.6 Å². The highest BCUT2D eigenvalue weighted by Gasteiger charge is 2.30. The quantitative estimate of drug-likeness (QED) is 0.900. The van der Waals surface area contributed by atoms with E-state index in [1.165, 1.54) is 6.07 Å². The number of halogens is 2. The zero-order chi connectivity index (χ0) is 16.3. The summed E-state index contributed by atoms with van der Waals surface area (Å²) in [6.45, 7) is 7.66. The lowest BCUT2D eigenvalue weighted by Crippen LogP contribution is -2.54. The van der Waals surface area contributed by atoms with E-state index in [0.717, 1.165) is 6.42 Å². The van der Waals surface area contributed by atoms with Crippen LogP contribution in [0.1, 0.15) is 37.8 Å². The number of hydrogen-bond acceptors (Lipinski definition) is 4. The first-order chi connectivity index (χ1) is 10.4. The first kappa shape index (κ1) is 17.0. The summed E-state index contributed by atoms with van der Waals surface area (Å²) in [6, 6.07) is 1.54. The first-order valence-corrected chi connectivity index (χ1v) is 7.74.